The van der Waals surface area contributed by atoms with Gasteiger partial charge in [0.05, 0.1) is 17.4 Å². The molecule has 4 heteroatoms. The van der Waals surface area contributed by atoms with E-state index < -0.39 is 0 Å². The minimum absolute atomic E-state index is 0.259. The first-order valence-corrected chi connectivity index (χ1v) is 6.50. The first kappa shape index (κ1) is 11.3. The van der Waals surface area contributed by atoms with Crippen LogP contribution in [0.2, 0.25) is 0 Å². The van der Waals surface area contributed by atoms with Crippen molar-refractivity contribution in [1.82, 2.24) is 14.8 Å². The summed E-state index contributed by atoms with van der Waals surface area (Å²) in [5.41, 5.74) is 2.24. The van der Waals surface area contributed by atoms with Gasteiger partial charge in [-0.3, -0.25) is 4.98 Å². The number of nitrogens with one attached hydrogen (secondary N) is 1. The number of hydrogen-bond donors (Lipinski definition) is 1. The van der Waals surface area contributed by atoms with Crippen molar-refractivity contribution in [2.45, 2.75) is 32.2 Å². The molecule has 0 aromatic carbocycles. The molecule has 1 atom stereocenters. The highest BCUT2D eigenvalue weighted by molar-refractivity contribution is 5.41. The van der Waals surface area contributed by atoms with Crippen molar-refractivity contribution < 1.29 is 0 Å². The molecule has 1 aliphatic heterocycles. The van der Waals surface area contributed by atoms with Gasteiger partial charge in [-0.1, -0.05) is 19.9 Å². The molecule has 94 valence electrons. The van der Waals surface area contributed by atoms with Crippen LogP contribution in [0.15, 0.2) is 30.5 Å². The van der Waals surface area contributed by atoms with Gasteiger partial charge in [0.2, 0.25) is 0 Å². The van der Waals surface area contributed by atoms with E-state index in [1.54, 1.807) is 0 Å². The lowest BCUT2D eigenvalue weighted by Gasteiger charge is -2.25. The molecule has 3 heterocycles. The second kappa shape index (κ2) is 4.44. The predicted molar refractivity (Wildman–Crippen MR) is 71.8 cm³/mol. The van der Waals surface area contributed by atoms with Crippen LogP contribution in [0.3, 0.4) is 0 Å². The van der Waals surface area contributed by atoms with Gasteiger partial charge in [0.1, 0.15) is 5.82 Å². The second-order valence-corrected chi connectivity index (χ2v) is 5.04. The van der Waals surface area contributed by atoms with Gasteiger partial charge in [0.25, 0.3) is 0 Å². The van der Waals surface area contributed by atoms with Crippen molar-refractivity contribution >= 4 is 5.82 Å². The van der Waals surface area contributed by atoms with Crippen molar-refractivity contribution in [3.05, 3.63) is 41.9 Å². The lowest BCUT2D eigenvalue weighted by molar-refractivity contribution is 0.466. The molecule has 1 unspecified atom stereocenters. The minimum atomic E-state index is 0.259. The molecule has 4 nitrogen and oxygen atoms in total. The van der Waals surface area contributed by atoms with Crippen LogP contribution in [0.1, 0.15) is 43.6 Å². The van der Waals surface area contributed by atoms with Crippen molar-refractivity contribution in [2.75, 3.05) is 11.9 Å². The topological polar surface area (TPSA) is 42.7 Å². The molecule has 1 aliphatic rings. The monoisotopic (exact) mass is 242 g/mol. The molecule has 3 rings (SSSR count). The third-order valence-corrected chi connectivity index (χ3v) is 3.39. The summed E-state index contributed by atoms with van der Waals surface area (Å²) in [6, 6.07) is 8.48. The van der Waals surface area contributed by atoms with Crippen LogP contribution in [0.4, 0.5) is 5.82 Å². The molecular formula is C14H18N4. The Balaban J connectivity index is 2.01. The first-order valence-electron chi connectivity index (χ1n) is 6.50. The van der Waals surface area contributed by atoms with Gasteiger partial charge < -0.3 is 5.32 Å². The van der Waals surface area contributed by atoms with E-state index in [1.807, 2.05) is 18.3 Å². The minimum Gasteiger partial charge on any atom is -0.370 e. The van der Waals surface area contributed by atoms with Crippen LogP contribution in [0, 0.1) is 0 Å². The van der Waals surface area contributed by atoms with Gasteiger partial charge in [0, 0.05) is 18.8 Å². The van der Waals surface area contributed by atoms with E-state index in [1.165, 1.54) is 0 Å². The number of pyridine rings is 1. The van der Waals surface area contributed by atoms with E-state index in [-0.39, 0.29) is 6.04 Å². The van der Waals surface area contributed by atoms with E-state index in [2.05, 4.69) is 41.0 Å². The summed E-state index contributed by atoms with van der Waals surface area (Å²) in [6.07, 6.45) is 2.88. The Morgan fingerprint density at radius 2 is 2.28 bits per heavy atom. The average Bonchev–Trinajstić information content (AvgIpc) is 2.83. The zero-order chi connectivity index (χ0) is 12.5. The number of nitrogens with zero attached hydrogens (tertiary/aromatic N) is 3. The molecule has 0 saturated carbocycles. The summed E-state index contributed by atoms with van der Waals surface area (Å²) in [7, 11) is 0. The van der Waals surface area contributed by atoms with Gasteiger partial charge >= 0.3 is 0 Å². The SMILES string of the molecule is CC(C)c1cc2n(n1)C(c1ccccn1)CCN2. The number of hydrogen-bond acceptors (Lipinski definition) is 3. The molecule has 0 radical (unpaired) electrons. The van der Waals surface area contributed by atoms with Crippen molar-refractivity contribution in [2.24, 2.45) is 0 Å². The van der Waals surface area contributed by atoms with Crippen LogP contribution in [0.25, 0.3) is 0 Å². The molecule has 0 fully saturated rings. The van der Waals surface area contributed by atoms with E-state index in [0.717, 1.165) is 30.2 Å². The third kappa shape index (κ3) is 1.88. The summed E-state index contributed by atoms with van der Waals surface area (Å²) in [5, 5.41) is 8.13. The highest BCUT2D eigenvalue weighted by atomic mass is 15.4. The van der Waals surface area contributed by atoms with Crippen molar-refractivity contribution in [3.63, 3.8) is 0 Å². The van der Waals surface area contributed by atoms with E-state index in [4.69, 9.17) is 5.10 Å². The van der Waals surface area contributed by atoms with Gasteiger partial charge in [-0.25, -0.2) is 4.68 Å². The normalized spacial score (nSPS) is 18.5. The number of aromatic nitrogens is 3. The van der Waals surface area contributed by atoms with E-state index >= 15 is 0 Å². The molecule has 2 aromatic heterocycles. The molecule has 0 spiro atoms. The maximum atomic E-state index is 4.72. The highest BCUT2D eigenvalue weighted by Crippen LogP contribution is 2.30. The zero-order valence-corrected chi connectivity index (χ0v) is 10.8. The average molecular weight is 242 g/mol. The summed E-state index contributed by atoms with van der Waals surface area (Å²) in [6.45, 7) is 5.32. The lowest BCUT2D eigenvalue weighted by Crippen LogP contribution is -2.24. The molecule has 1 N–H and O–H groups in total. The van der Waals surface area contributed by atoms with E-state index in [9.17, 15) is 0 Å². The number of anilines is 1. The summed E-state index contributed by atoms with van der Waals surface area (Å²) in [5.74, 6) is 1.56. The molecular weight excluding hydrogens is 224 g/mol. The van der Waals surface area contributed by atoms with Crippen LogP contribution >= 0.6 is 0 Å². The lowest BCUT2D eigenvalue weighted by atomic mass is 10.1. The van der Waals surface area contributed by atoms with Crippen LogP contribution in [-0.4, -0.2) is 21.3 Å². The summed E-state index contributed by atoms with van der Waals surface area (Å²) in [4.78, 5) is 4.47. The summed E-state index contributed by atoms with van der Waals surface area (Å²) < 4.78 is 2.08. The van der Waals surface area contributed by atoms with Crippen LogP contribution < -0.4 is 5.32 Å². The summed E-state index contributed by atoms with van der Waals surface area (Å²) >= 11 is 0. The van der Waals surface area contributed by atoms with Gasteiger partial charge in [-0.05, 0) is 24.5 Å². The Morgan fingerprint density at radius 1 is 1.39 bits per heavy atom. The van der Waals surface area contributed by atoms with Gasteiger partial charge in [-0.15, -0.1) is 0 Å². The molecule has 0 amide bonds. The van der Waals surface area contributed by atoms with E-state index in [0.29, 0.717) is 5.92 Å². The third-order valence-electron chi connectivity index (χ3n) is 3.39. The largest absolute Gasteiger partial charge is 0.370 e. The molecule has 0 saturated heterocycles. The predicted octanol–water partition coefficient (Wildman–Crippen LogP) is 2.81. The fourth-order valence-electron chi connectivity index (χ4n) is 2.37. The molecule has 0 bridgehead atoms. The van der Waals surface area contributed by atoms with Crippen LogP contribution in [0.5, 0.6) is 0 Å². The maximum Gasteiger partial charge on any atom is 0.125 e. The zero-order valence-electron chi connectivity index (χ0n) is 10.8. The van der Waals surface area contributed by atoms with Crippen molar-refractivity contribution in [1.29, 1.82) is 0 Å². The van der Waals surface area contributed by atoms with Crippen LogP contribution in [-0.2, 0) is 0 Å². The maximum absolute atomic E-state index is 4.72. The first-order chi connectivity index (χ1) is 8.75. The Hall–Kier alpha value is -1.84. The quantitative estimate of drug-likeness (QED) is 0.880. The standard InChI is InChI=1S/C14H18N4/c1-10(2)12-9-14-16-8-6-13(18(14)17-12)11-5-3-4-7-15-11/h3-5,7,9-10,13,16H,6,8H2,1-2H3. The Labute approximate surface area is 107 Å². The molecule has 2 aromatic rings. The fraction of sp³-hybridized carbons (Fsp3) is 0.429. The number of fused-ring (bicyclic) bond motifs is 1. The van der Waals surface area contributed by atoms with Crippen molar-refractivity contribution in [3.8, 4) is 0 Å². The second-order valence-electron chi connectivity index (χ2n) is 5.04. The Morgan fingerprint density at radius 3 is 3.00 bits per heavy atom. The van der Waals surface area contributed by atoms with Gasteiger partial charge in [-0.2, -0.15) is 5.10 Å². The highest BCUT2D eigenvalue weighted by Gasteiger charge is 2.24. The fourth-order valence-corrected chi connectivity index (χ4v) is 2.37. The molecule has 0 aliphatic carbocycles. The van der Waals surface area contributed by atoms with Gasteiger partial charge in [0.15, 0.2) is 0 Å². The molecule has 18 heavy (non-hydrogen) atoms. The Kier molecular flexibility index (Phi) is 2.78. The number of rotatable bonds is 2. The smallest absolute Gasteiger partial charge is 0.125 e. The Bertz CT molecular complexity index is 530.